The predicted molar refractivity (Wildman–Crippen MR) is 54.1 cm³/mol. The van der Waals surface area contributed by atoms with E-state index in [0.717, 1.165) is 0 Å². The monoisotopic (exact) mass is 286 g/mol. The van der Waals surface area contributed by atoms with E-state index in [4.69, 9.17) is 0 Å². The molecule has 2 nitrogen and oxygen atoms in total. The van der Waals surface area contributed by atoms with Crippen LogP contribution in [0.4, 0.5) is 8.78 Å². The maximum absolute atomic E-state index is 13.8. The second kappa shape index (κ2) is 3.73. The molecule has 0 aliphatic heterocycles. The van der Waals surface area contributed by atoms with Crippen molar-refractivity contribution < 1.29 is 17.2 Å². The summed E-state index contributed by atoms with van der Waals surface area (Å²) in [4.78, 5) is 0. The number of hydrogen-bond donors (Lipinski definition) is 0. The van der Waals surface area contributed by atoms with Gasteiger partial charge >= 0.3 is 0 Å². The van der Waals surface area contributed by atoms with Crippen LogP contribution in [0.2, 0.25) is 0 Å². The molecule has 14 heavy (non-hydrogen) atoms. The lowest BCUT2D eigenvalue weighted by atomic mass is 10.1. The zero-order valence-corrected chi connectivity index (χ0v) is 9.83. The molecule has 0 saturated heterocycles. The molecule has 0 saturated carbocycles. The van der Waals surface area contributed by atoms with Crippen LogP contribution in [-0.4, -0.2) is 19.2 Å². The van der Waals surface area contributed by atoms with Crippen molar-refractivity contribution in [1.82, 2.24) is 0 Å². The molecule has 80 valence electrons. The lowest BCUT2D eigenvalue weighted by molar-refractivity contribution is 0.324. The molecule has 1 aliphatic rings. The van der Waals surface area contributed by atoms with E-state index in [0.29, 0.717) is 6.08 Å². The van der Waals surface area contributed by atoms with Crippen molar-refractivity contribution in [3.05, 3.63) is 22.5 Å². The largest absolute Gasteiger partial charge is 0.235 e. The zero-order chi connectivity index (χ0) is 11.0. The van der Waals surface area contributed by atoms with Crippen molar-refractivity contribution in [2.75, 3.05) is 5.75 Å². The van der Waals surface area contributed by atoms with Gasteiger partial charge < -0.3 is 0 Å². The fraction of sp³-hybridized carbons (Fsp3) is 0.500. The first-order valence-corrected chi connectivity index (χ1v) is 6.42. The Morgan fingerprint density at radius 3 is 2.64 bits per heavy atom. The topological polar surface area (TPSA) is 34.1 Å². The third kappa shape index (κ3) is 1.91. The average molecular weight is 287 g/mol. The number of sulfone groups is 1. The molecular weight excluding hydrogens is 278 g/mol. The zero-order valence-electron chi connectivity index (χ0n) is 7.43. The fourth-order valence-corrected chi connectivity index (χ4v) is 2.48. The normalized spacial score (nSPS) is 28.3. The number of alkyl halides is 1. The van der Waals surface area contributed by atoms with Crippen molar-refractivity contribution in [3.63, 3.8) is 0 Å². The molecular formula is C8H9BrF2O2S. The second-order valence-electron chi connectivity index (χ2n) is 2.94. The van der Waals surface area contributed by atoms with E-state index >= 15 is 0 Å². The van der Waals surface area contributed by atoms with Gasteiger partial charge in [0, 0.05) is 17.0 Å². The quantitative estimate of drug-likeness (QED) is 0.782. The van der Waals surface area contributed by atoms with Crippen molar-refractivity contribution in [3.8, 4) is 0 Å². The van der Waals surface area contributed by atoms with E-state index in [-0.39, 0.29) is 16.7 Å². The molecule has 0 fully saturated rings. The average Bonchev–Trinajstić information content (AvgIpc) is 2.12. The minimum Gasteiger partial charge on any atom is -0.225 e. The Morgan fingerprint density at radius 1 is 1.64 bits per heavy atom. The standard InChI is InChI=1S/C8H9BrF2O2S/c1-2-14(12,13)8(11)4-3-6(9)7(10)5-8/h3,5H,2,4H2,1H3. The smallest absolute Gasteiger partial charge is 0.225 e. The highest BCUT2D eigenvalue weighted by Gasteiger charge is 2.42. The van der Waals surface area contributed by atoms with Crippen LogP contribution in [-0.2, 0) is 9.84 Å². The van der Waals surface area contributed by atoms with Gasteiger partial charge in [-0.05, 0) is 15.9 Å². The Hall–Kier alpha value is -0.230. The van der Waals surface area contributed by atoms with Crippen LogP contribution < -0.4 is 0 Å². The second-order valence-corrected chi connectivity index (χ2v) is 6.28. The lowest BCUT2D eigenvalue weighted by Crippen LogP contribution is -2.34. The molecule has 0 aromatic carbocycles. The maximum Gasteiger partial charge on any atom is 0.235 e. The first-order valence-electron chi connectivity index (χ1n) is 3.98. The van der Waals surface area contributed by atoms with Crippen LogP contribution in [0.25, 0.3) is 0 Å². The minimum atomic E-state index is -3.93. The highest BCUT2D eigenvalue weighted by Crippen LogP contribution is 2.36. The summed E-state index contributed by atoms with van der Waals surface area (Å²) in [5.41, 5.74) is 0. The predicted octanol–water partition coefficient (Wildman–Crippen LogP) is 2.62. The molecule has 1 rings (SSSR count). The summed E-state index contributed by atoms with van der Waals surface area (Å²) < 4.78 is 49.5. The van der Waals surface area contributed by atoms with Crippen LogP contribution in [0.5, 0.6) is 0 Å². The van der Waals surface area contributed by atoms with Gasteiger partial charge in [-0.15, -0.1) is 0 Å². The van der Waals surface area contributed by atoms with Crippen molar-refractivity contribution in [2.24, 2.45) is 0 Å². The summed E-state index contributed by atoms with van der Waals surface area (Å²) in [6.45, 7) is 1.33. The Morgan fingerprint density at radius 2 is 2.21 bits per heavy atom. The van der Waals surface area contributed by atoms with E-state index in [2.05, 4.69) is 15.9 Å². The Bertz CT molecular complexity index is 400. The van der Waals surface area contributed by atoms with Crippen LogP contribution >= 0.6 is 15.9 Å². The third-order valence-corrected chi connectivity index (χ3v) is 4.81. The summed E-state index contributed by atoms with van der Waals surface area (Å²) in [6, 6.07) is 0. The van der Waals surface area contributed by atoms with Crippen molar-refractivity contribution in [1.29, 1.82) is 0 Å². The molecule has 1 aliphatic carbocycles. The molecule has 6 heteroatoms. The van der Waals surface area contributed by atoms with Gasteiger partial charge in [0.1, 0.15) is 5.83 Å². The molecule has 1 unspecified atom stereocenters. The van der Waals surface area contributed by atoms with Gasteiger partial charge in [0.25, 0.3) is 0 Å². The van der Waals surface area contributed by atoms with Crippen molar-refractivity contribution >= 4 is 25.8 Å². The van der Waals surface area contributed by atoms with Crippen LogP contribution in [0.3, 0.4) is 0 Å². The molecule has 0 spiro atoms. The van der Waals surface area contributed by atoms with Gasteiger partial charge in [-0.25, -0.2) is 17.2 Å². The number of hydrogen-bond acceptors (Lipinski definition) is 2. The lowest BCUT2D eigenvalue weighted by Gasteiger charge is -2.22. The van der Waals surface area contributed by atoms with E-state index < -0.39 is 20.7 Å². The fourth-order valence-electron chi connectivity index (χ4n) is 1.10. The molecule has 0 aromatic rings. The number of allylic oxidation sites excluding steroid dienone is 3. The van der Waals surface area contributed by atoms with E-state index in [1.807, 2.05) is 0 Å². The summed E-state index contributed by atoms with van der Waals surface area (Å²) in [6.07, 6.45) is 1.34. The summed E-state index contributed by atoms with van der Waals surface area (Å²) in [7, 11) is -3.93. The Kier molecular flexibility index (Phi) is 3.16. The molecule has 0 heterocycles. The minimum absolute atomic E-state index is 0.0945. The molecule has 0 N–H and O–H groups in total. The molecule has 0 radical (unpaired) electrons. The first-order chi connectivity index (χ1) is 6.32. The van der Waals surface area contributed by atoms with Crippen LogP contribution in [0.15, 0.2) is 22.5 Å². The van der Waals surface area contributed by atoms with E-state index in [1.165, 1.54) is 13.0 Å². The van der Waals surface area contributed by atoms with E-state index in [9.17, 15) is 17.2 Å². The summed E-state index contributed by atoms with van der Waals surface area (Å²) in [5, 5.41) is -2.59. The summed E-state index contributed by atoms with van der Waals surface area (Å²) in [5.74, 6) is -1.23. The first kappa shape index (κ1) is 11.8. The van der Waals surface area contributed by atoms with E-state index in [1.54, 1.807) is 0 Å². The highest BCUT2D eigenvalue weighted by molar-refractivity contribution is 9.11. The molecule has 0 amide bonds. The van der Waals surface area contributed by atoms with Crippen LogP contribution in [0.1, 0.15) is 13.3 Å². The maximum atomic E-state index is 13.8. The van der Waals surface area contributed by atoms with Gasteiger partial charge in [0.15, 0.2) is 9.84 Å². The number of rotatable bonds is 2. The number of halogens is 3. The Balaban J connectivity index is 3.15. The highest BCUT2D eigenvalue weighted by atomic mass is 79.9. The van der Waals surface area contributed by atoms with Crippen LogP contribution in [0, 0.1) is 0 Å². The van der Waals surface area contributed by atoms with Gasteiger partial charge in [0.05, 0.1) is 5.75 Å². The third-order valence-electron chi connectivity index (χ3n) is 2.03. The van der Waals surface area contributed by atoms with Gasteiger partial charge in [-0.2, -0.15) is 0 Å². The van der Waals surface area contributed by atoms with Gasteiger partial charge in [-0.1, -0.05) is 13.0 Å². The molecule has 0 bridgehead atoms. The van der Waals surface area contributed by atoms with Gasteiger partial charge in [-0.3, -0.25) is 0 Å². The molecule has 0 aromatic heterocycles. The SMILES string of the molecule is CCS(=O)(=O)C1(F)C=C(F)C(Br)=CC1. The van der Waals surface area contributed by atoms with Crippen molar-refractivity contribution in [2.45, 2.75) is 18.3 Å². The summed E-state index contributed by atoms with van der Waals surface area (Å²) >= 11 is 2.85. The van der Waals surface area contributed by atoms with Gasteiger partial charge in [0.2, 0.25) is 5.00 Å². The Labute approximate surface area is 89.7 Å². The molecule has 1 atom stereocenters.